The number of ether oxygens (including phenoxy) is 3. The standard InChI is InChI=1S/C17H16ClNO5/c1-10(20)24-15-6-4-11(8-16(15)23-3)17(21)19-13-9-12(18)5-7-14(13)22-2/h4-9H,1-3H3,(H,19,21). The highest BCUT2D eigenvalue weighted by Gasteiger charge is 2.14. The van der Waals surface area contributed by atoms with Crippen molar-refractivity contribution in [1.29, 1.82) is 0 Å². The molecule has 24 heavy (non-hydrogen) atoms. The maximum Gasteiger partial charge on any atom is 0.308 e. The highest BCUT2D eigenvalue weighted by molar-refractivity contribution is 6.31. The summed E-state index contributed by atoms with van der Waals surface area (Å²) in [4.78, 5) is 23.5. The van der Waals surface area contributed by atoms with Crippen molar-refractivity contribution in [1.82, 2.24) is 0 Å². The fraction of sp³-hybridized carbons (Fsp3) is 0.176. The van der Waals surface area contributed by atoms with Gasteiger partial charge in [-0.25, -0.2) is 0 Å². The molecule has 0 unspecified atom stereocenters. The Bertz CT molecular complexity index is 776. The Morgan fingerprint density at radius 1 is 0.958 bits per heavy atom. The largest absolute Gasteiger partial charge is 0.495 e. The van der Waals surface area contributed by atoms with Gasteiger partial charge in [0.25, 0.3) is 5.91 Å². The van der Waals surface area contributed by atoms with Crippen molar-refractivity contribution in [2.75, 3.05) is 19.5 Å². The van der Waals surface area contributed by atoms with Crippen LogP contribution < -0.4 is 19.5 Å². The molecule has 0 aliphatic heterocycles. The molecule has 0 saturated heterocycles. The minimum absolute atomic E-state index is 0.238. The number of anilines is 1. The van der Waals surface area contributed by atoms with Crippen LogP contribution in [0.5, 0.6) is 17.2 Å². The molecule has 2 aromatic carbocycles. The predicted molar refractivity (Wildman–Crippen MR) is 90.3 cm³/mol. The van der Waals surface area contributed by atoms with Gasteiger partial charge in [-0.15, -0.1) is 0 Å². The quantitative estimate of drug-likeness (QED) is 0.660. The van der Waals surface area contributed by atoms with E-state index in [2.05, 4.69) is 5.32 Å². The minimum atomic E-state index is -0.478. The van der Waals surface area contributed by atoms with Gasteiger partial charge in [-0.1, -0.05) is 11.6 Å². The van der Waals surface area contributed by atoms with Gasteiger partial charge in [0.15, 0.2) is 11.5 Å². The number of amides is 1. The van der Waals surface area contributed by atoms with Crippen molar-refractivity contribution < 1.29 is 23.8 Å². The van der Waals surface area contributed by atoms with E-state index in [1.165, 1.54) is 39.3 Å². The van der Waals surface area contributed by atoms with Crippen LogP contribution >= 0.6 is 11.6 Å². The number of carbonyl (C=O) groups excluding carboxylic acids is 2. The molecule has 1 N–H and O–H groups in total. The zero-order valence-electron chi connectivity index (χ0n) is 13.4. The van der Waals surface area contributed by atoms with E-state index in [1.54, 1.807) is 18.2 Å². The summed E-state index contributed by atoms with van der Waals surface area (Å²) in [7, 11) is 2.92. The third kappa shape index (κ3) is 4.17. The molecule has 2 rings (SSSR count). The first kappa shape index (κ1) is 17.6. The second-order valence-corrected chi connectivity index (χ2v) is 5.19. The van der Waals surface area contributed by atoms with E-state index in [1.807, 2.05) is 0 Å². The lowest BCUT2D eigenvalue weighted by Crippen LogP contribution is -2.13. The average Bonchev–Trinajstić information content (AvgIpc) is 2.54. The van der Waals surface area contributed by atoms with Crippen LogP contribution in [0.25, 0.3) is 0 Å². The molecular weight excluding hydrogens is 334 g/mol. The summed E-state index contributed by atoms with van der Waals surface area (Å²) in [5.74, 6) is 0.131. The van der Waals surface area contributed by atoms with E-state index in [0.717, 1.165) is 0 Å². The van der Waals surface area contributed by atoms with Crippen LogP contribution in [0.2, 0.25) is 5.02 Å². The van der Waals surface area contributed by atoms with Crippen molar-refractivity contribution >= 4 is 29.2 Å². The van der Waals surface area contributed by atoms with Crippen LogP contribution in [0.1, 0.15) is 17.3 Å². The van der Waals surface area contributed by atoms with Crippen LogP contribution in [0.15, 0.2) is 36.4 Å². The molecule has 0 heterocycles. The van der Waals surface area contributed by atoms with Crippen molar-refractivity contribution in [3.8, 4) is 17.2 Å². The zero-order chi connectivity index (χ0) is 17.7. The van der Waals surface area contributed by atoms with Crippen molar-refractivity contribution in [3.05, 3.63) is 47.0 Å². The van der Waals surface area contributed by atoms with Crippen LogP contribution in [0, 0.1) is 0 Å². The average molecular weight is 350 g/mol. The summed E-state index contributed by atoms with van der Waals surface area (Å²) >= 11 is 5.94. The number of hydrogen-bond acceptors (Lipinski definition) is 5. The number of rotatable bonds is 5. The molecule has 0 aromatic heterocycles. The first-order chi connectivity index (χ1) is 11.4. The summed E-state index contributed by atoms with van der Waals surface area (Å²) < 4.78 is 15.3. The minimum Gasteiger partial charge on any atom is -0.495 e. The molecule has 126 valence electrons. The molecule has 6 nitrogen and oxygen atoms in total. The highest BCUT2D eigenvalue weighted by Crippen LogP contribution is 2.30. The van der Waals surface area contributed by atoms with E-state index in [9.17, 15) is 9.59 Å². The lowest BCUT2D eigenvalue weighted by atomic mass is 10.1. The van der Waals surface area contributed by atoms with Gasteiger partial charge in [0.1, 0.15) is 5.75 Å². The molecule has 0 spiro atoms. The molecule has 0 bridgehead atoms. The summed E-state index contributed by atoms with van der Waals surface area (Å²) in [5, 5.41) is 3.18. The Balaban J connectivity index is 2.27. The van der Waals surface area contributed by atoms with Crippen LogP contribution in [0.4, 0.5) is 5.69 Å². The summed E-state index contributed by atoms with van der Waals surface area (Å²) in [6, 6.07) is 9.39. The van der Waals surface area contributed by atoms with E-state index in [4.69, 9.17) is 25.8 Å². The Morgan fingerprint density at radius 3 is 2.25 bits per heavy atom. The van der Waals surface area contributed by atoms with Gasteiger partial charge >= 0.3 is 5.97 Å². The molecule has 0 saturated carbocycles. The summed E-state index contributed by atoms with van der Waals surface area (Å²) in [5.41, 5.74) is 0.766. The molecule has 0 fully saturated rings. The van der Waals surface area contributed by atoms with Crippen molar-refractivity contribution in [3.63, 3.8) is 0 Å². The van der Waals surface area contributed by atoms with Crippen molar-refractivity contribution in [2.24, 2.45) is 0 Å². The van der Waals surface area contributed by atoms with Crippen LogP contribution in [0.3, 0.4) is 0 Å². The maximum atomic E-state index is 12.4. The molecule has 0 aliphatic rings. The number of benzene rings is 2. The molecule has 1 amide bonds. The van der Waals surface area contributed by atoms with Gasteiger partial charge in [-0.05, 0) is 36.4 Å². The number of hydrogen-bond donors (Lipinski definition) is 1. The molecule has 0 radical (unpaired) electrons. The third-order valence-corrected chi connectivity index (χ3v) is 3.32. The lowest BCUT2D eigenvalue weighted by Gasteiger charge is -2.12. The number of carbonyl (C=O) groups is 2. The molecule has 7 heteroatoms. The van der Waals surface area contributed by atoms with Crippen LogP contribution in [-0.4, -0.2) is 26.1 Å². The van der Waals surface area contributed by atoms with Crippen molar-refractivity contribution in [2.45, 2.75) is 6.92 Å². The predicted octanol–water partition coefficient (Wildman–Crippen LogP) is 3.53. The topological polar surface area (TPSA) is 73.9 Å². The molecular formula is C17H16ClNO5. The third-order valence-electron chi connectivity index (χ3n) is 3.09. The van der Waals surface area contributed by atoms with Crippen LogP contribution in [-0.2, 0) is 4.79 Å². The lowest BCUT2D eigenvalue weighted by molar-refractivity contribution is -0.132. The first-order valence-corrected chi connectivity index (χ1v) is 7.33. The molecule has 0 aliphatic carbocycles. The Hall–Kier alpha value is -2.73. The Kier molecular flexibility index (Phi) is 5.65. The maximum absolute atomic E-state index is 12.4. The fourth-order valence-electron chi connectivity index (χ4n) is 2.02. The monoisotopic (exact) mass is 349 g/mol. The summed E-state index contributed by atoms with van der Waals surface area (Å²) in [6.07, 6.45) is 0. The second kappa shape index (κ2) is 7.70. The van der Waals surface area contributed by atoms with E-state index in [-0.39, 0.29) is 17.4 Å². The van der Waals surface area contributed by atoms with E-state index >= 15 is 0 Å². The normalized spacial score (nSPS) is 10.0. The number of halogens is 1. The van der Waals surface area contributed by atoms with Gasteiger partial charge in [0.05, 0.1) is 19.9 Å². The Morgan fingerprint density at radius 2 is 1.62 bits per heavy atom. The second-order valence-electron chi connectivity index (χ2n) is 4.76. The molecule has 0 atom stereocenters. The number of nitrogens with one attached hydrogen (secondary N) is 1. The number of methoxy groups -OCH3 is 2. The SMILES string of the molecule is COc1ccc(Cl)cc1NC(=O)c1ccc(OC(C)=O)c(OC)c1. The van der Waals surface area contributed by atoms with Gasteiger partial charge in [-0.3, -0.25) is 9.59 Å². The number of esters is 1. The van der Waals surface area contributed by atoms with Gasteiger partial charge in [0, 0.05) is 17.5 Å². The zero-order valence-corrected chi connectivity index (χ0v) is 14.1. The summed E-state index contributed by atoms with van der Waals surface area (Å²) in [6.45, 7) is 1.28. The Labute approximate surface area is 144 Å². The molecule has 2 aromatic rings. The van der Waals surface area contributed by atoms with E-state index < -0.39 is 5.97 Å². The first-order valence-electron chi connectivity index (χ1n) is 6.96. The van der Waals surface area contributed by atoms with Gasteiger partial charge in [-0.2, -0.15) is 0 Å². The smallest absolute Gasteiger partial charge is 0.308 e. The van der Waals surface area contributed by atoms with E-state index in [0.29, 0.717) is 22.0 Å². The van der Waals surface area contributed by atoms with Gasteiger partial charge < -0.3 is 19.5 Å². The fourth-order valence-corrected chi connectivity index (χ4v) is 2.19. The highest BCUT2D eigenvalue weighted by atomic mass is 35.5. The van der Waals surface area contributed by atoms with Gasteiger partial charge in [0.2, 0.25) is 0 Å².